The van der Waals surface area contributed by atoms with E-state index in [0.29, 0.717) is 0 Å². The van der Waals surface area contributed by atoms with Crippen molar-refractivity contribution in [3.8, 4) is 33.9 Å². The van der Waals surface area contributed by atoms with E-state index in [1.165, 1.54) is 33.0 Å². The molecule has 0 N–H and O–H groups in total. The summed E-state index contributed by atoms with van der Waals surface area (Å²) < 4.78 is 0. The van der Waals surface area contributed by atoms with Gasteiger partial charge in [-0.15, -0.1) is 0 Å². The Hall–Kier alpha value is -3.85. The molecular formula is C31H27N3. The maximum absolute atomic E-state index is 5.05. The van der Waals surface area contributed by atoms with Gasteiger partial charge in [0.15, 0.2) is 11.6 Å². The molecule has 0 saturated heterocycles. The van der Waals surface area contributed by atoms with Crippen molar-refractivity contribution in [3.63, 3.8) is 0 Å². The van der Waals surface area contributed by atoms with Crippen molar-refractivity contribution in [1.29, 1.82) is 0 Å². The van der Waals surface area contributed by atoms with Crippen LogP contribution in [0.1, 0.15) is 50.6 Å². The lowest BCUT2D eigenvalue weighted by atomic mass is 9.80. The summed E-state index contributed by atoms with van der Waals surface area (Å²) in [6.07, 6.45) is 0. The molecule has 3 heteroatoms. The molecule has 34 heavy (non-hydrogen) atoms. The molecule has 0 unspecified atom stereocenters. The smallest absolute Gasteiger partial charge is 0.164 e. The van der Waals surface area contributed by atoms with Gasteiger partial charge in [0.1, 0.15) is 5.82 Å². The topological polar surface area (TPSA) is 38.7 Å². The van der Waals surface area contributed by atoms with Crippen molar-refractivity contribution in [2.24, 2.45) is 0 Å². The summed E-state index contributed by atoms with van der Waals surface area (Å²) in [6, 6.07) is 30.0. The zero-order valence-corrected chi connectivity index (χ0v) is 20.0. The van der Waals surface area contributed by atoms with Crippen LogP contribution in [0.4, 0.5) is 0 Å². The largest absolute Gasteiger partial charge is 0.213 e. The molecule has 4 aromatic carbocycles. The molecule has 0 spiro atoms. The fourth-order valence-electron chi connectivity index (χ4n) is 5.26. The fraction of sp³-hybridized carbons (Fsp3) is 0.194. The quantitative estimate of drug-likeness (QED) is 0.287. The third-order valence-corrected chi connectivity index (χ3v) is 7.00. The van der Waals surface area contributed by atoms with Gasteiger partial charge >= 0.3 is 0 Å². The van der Waals surface area contributed by atoms with Crippen LogP contribution < -0.4 is 0 Å². The van der Waals surface area contributed by atoms with Crippen LogP contribution in [0.3, 0.4) is 0 Å². The van der Waals surface area contributed by atoms with E-state index in [9.17, 15) is 0 Å². The van der Waals surface area contributed by atoms with Gasteiger partial charge in [0.2, 0.25) is 0 Å². The average Bonchev–Trinajstić information content (AvgIpc) is 3.10. The molecule has 1 heterocycles. The van der Waals surface area contributed by atoms with Crippen molar-refractivity contribution in [2.45, 2.75) is 39.0 Å². The van der Waals surface area contributed by atoms with Crippen LogP contribution in [0.2, 0.25) is 0 Å². The van der Waals surface area contributed by atoms with Crippen LogP contribution in [0, 0.1) is 0 Å². The fourth-order valence-corrected chi connectivity index (χ4v) is 5.26. The highest BCUT2D eigenvalue weighted by Gasteiger charge is 2.37. The first-order valence-electron chi connectivity index (χ1n) is 11.9. The number of rotatable bonds is 3. The van der Waals surface area contributed by atoms with Gasteiger partial charge < -0.3 is 0 Å². The Bertz CT molecular complexity index is 1560. The van der Waals surface area contributed by atoms with Gasteiger partial charge in [0.05, 0.1) is 0 Å². The molecule has 6 rings (SSSR count). The molecule has 1 aliphatic carbocycles. The maximum Gasteiger partial charge on any atom is 0.164 e. The molecule has 5 aromatic rings. The number of nitrogens with zero attached hydrogens (tertiary/aromatic N) is 3. The first-order valence-corrected chi connectivity index (χ1v) is 11.9. The monoisotopic (exact) mass is 441 g/mol. The number of fused-ring (bicyclic) bond motifs is 4. The Morgan fingerprint density at radius 3 is 2.12 bits per heavy atom. The number of hydrogen-bond acceptors (Lipinski definition) is 3. The van der Waals surface area contributed by atoms with Gasteiger partial charge in [-0.1, -0.05) is 107 Å². The van der Waals surface area contributed by atoms with E-state index in [2.05, 4.69) is 113 Å². The summed E-state index contributed by atoms with van der Waals surface area (Å²) in [4.78, 5) is 14.9. The molecule has 1 aromatic heterocycles. The molecular weight excluding hydrogens is 414 g/mol. The van der Waals surface area contributed by atoms with Crippen LogP contribution in [-0.2, 0) is 5.41 Å². The Labute approximate surface area is 200 Å². The minimum Gasteiger partial charge on any atom is -0.213 e. The average molecular weight is 442 g/mol. The molecule has 0 amide bonds. The Morgan fingerprint density at radius 2 is 1.29 bits per heavy atom. The van der Waals surface area contributed by atoms with E-state index < -0.39 is 0 Å². The molecule has 0 saturated carbocycles. The highest BCUT2D eigenvalue weighted by molar-refractivity contribution is 5.88. The van der Waals surface area contributed by atoms with Gasteiger partial charge in [0, 0.05) is 22.5 Å². The first kappa shape index (κ1) is 20.7. The summed E-state index contributed by atoms with van der Waals surface area (Å²) in [5, 5.41) is 2.40. The molecule has 3 nitrogen and oxygen atoms in total. The van der Waals surface area contributed by atoms with Crippen molar-refractivity contribution < 1.29 is 0 Å². The second-order valence-electron chi connectivity index (χ2n) is 9.96. The zero-order chi connectivity index (χ0) is 23.4. The van der Waals surface area contributed by atoms with Crippen LogP contribution in [-0.4, -0.2) is 15.0 Å². The van der Waals surface area contributed by atoms with Crippen LogP contribution in [0.25, 0.3) is 44.7 Å². The zero-order valence-electron chi connectivity index (χ0n) is 20.0. The molecule has 1 aliphatic rings. The van der Waals surface area contributed by atoms with Crippen LogP contribution in [0.15, 0.2) is 84.9 Å². The van der Waals surface area contributed by atoms with Gasteiger partial charge in [-0.2, -0.15) is 0 Å². The summed E-state index contributed by atoms with van der Waals surface area (Å²) in [5.74, 6) is 2.49. The first-order chi connectivity index (χ1) is 16.4. The van der Waals surface area contributed by atoms with E-state index >= 15 is 0 Å². The lowest BCUT2D eigenvalue weighted by molar-refractivity contribution is 0.660. The molecule has 0 radical (unpaired) electrons. The Kier molecular flexibility index (Phi) is 4.63. The predicted molar refractivity (Wildman–Crippen MR) is 140 cm³/mol. The van der Waals surface area contributed by atoms with Crippen LogP contribution in [0.5, 0.6) is 0 Å². The van der Waals surface area contributed by atoms with E-state index in [-0.39, 0.29) is 11.3 Å². The molecule has 0 bridgehead atoms. The minimum atomic E-state index is -0.129. The Balaban J connectivity index is 1.58. The van der Waals surface area contributed by atoms with Gasteiger partial charge in [-0.05, 0) is 39.1 Å². The summed E-state index contributed by atoms with van der Waals surface area (Å²) in [5.41, 5.74) is 7.20. The molecule has 0 fully saturated rings. The van der Waals surface area contributed by atoms with E-state index in [1.807, 2.05) is 0 Å². The SMILES string of the molecule is CC(C)c1nc(-c2ccc3ccccc3c2)nc(-c2cccc3c2C(C)(C)c2ccccc2-3)n1. The van der Waals surface area contributed by atoms with Crippen molar-refractivity contribution in [3.05, 3.63) is 102 Å². The van der Waals surface area contributed by atoms with Gasteiger partial charge in [-0.25, -0.2) is 15.0 Å². The number of hydrogen-bond donors (Lipinski definition) is 0. The molecule has 0 atom stereocenters. The highest BCUT2D eigenvalue weighted by atomic mass is 15.0. The van der Waals surface area contributed by atoms with Crippen LogP contribution >= 0.6 is 0 Å². The summed E-state index contributed by atoms with van der Waals surface area (Å²) in [7, 11) is 0. The minimum absolute atomic E-state index is 0.129. The van der Waals surface area contributed by atoms with Crippen molar-refractivity contribution >= 4 is 10.8 Å². The maximum atomic E-state index is 5.05. The lowest BCUT2D eigenvalue weighted by Gasteiger charge is -2.24. The molecule has 166 valence electrons. The normalized spacial score (nSPS) is 13.8. The Morgan fingerprint density at radius 1 is 0.618 bits per heavy atom. The van der Waals surface area contributed by atoms with Crippen molar-refractivity contribution in [1.82, 2.24) is 15.0 Å². The molecule has 0 aliphatic heterocycles. The van der Waals surface area contributed by atoms with E-state index in [0.717, 1.165) is 28.6 Å². The van der Waals surface area contributed by atoms with E-state index in [1.54, 1.807) is 0 Å². The van der Waals surface area contributed by atoms with Gasteiger partial charge in [0.25, 0.3) is 0 Å². The summed E-state index contributed by atoms with van der Waals surface area (Å²) in [6.45, 7) is 8.88. The standard InChI is InChI=1S/C31H27N3/c1-19(2)28-32-29(22-17-16-20-10-5-6-11-21(20)18-22)34-30(33-28)25-14-9-13-24-23-12-7-8-15-26(23)31(3,4)27(24)25/h5-19H,1-4H3. The number of benzene rings is 4. The second-order valence-corrected chi connectivity index (χ2v) is 9.96. The highest BCUT2D eigenvalue weighted by Crippen LogP contribution is 2.51. The summed E-state index contributed by atoms with van der Waals surface area (Å²) >= 11 is 0. The third-order valence-electron chi connectivity index (χ3n) is 7.00. The van der Waals surface area contributed by atoms with Gasteiger partial charge in [-0.3, -0.25) is 0 Å². The third kappa shape index (κ3) is 3.15. The second kappa shape index (κ2) is 7.59. The van der Waals surface area contributed by atoms with Crippen molar-refractivity contribution in [2.75, 3.05) is 0 Å². The number of aromatic nitrogens is 3. The predicted octanol–water partition coefficient (Wildman–Crippen LogP) is 7.79. The lowest BCUT2D eigenvalue weighted by Crippen LogP contribution is -2.17. The van der Waals surface area contributed by atoms with E-state index in [4.69, 9.17) is 15.0 Å².